The molecule has 1 aliphatic carbocycles. The summed E-state index contributed by atoms with van der Waals surface area (Å²) in [6.45, 7) is 4.16. The number of nitrogens with one attached hydrogen (secondary N) is 2. The van der Waals surface area contributed by atoms with E-state index >= 15 is 0 Å². The molecule has 4 aromatic rings. The van der Waals surface area contributed by atoms with Crippen molar-refractivity contribution in [2.75, 3.05) is 33.4 Å². The topological polar surface area (TPSA) is 123 Å². The first-order valence-corrected chi connectivity index (χ1v) is 15.5. The van der Waals surface area contributed by atoms with Crippen molar-refractivity contribution in [3.8, 4) is 0 Å². The molecule has 14 heteroatoms. The highest BCUT2D eigenvalue weighted by Gasteiger charge is 2.32. The fourth-order valence-electron chi connectivity index (χ4n) is 5.30. The van der Waals surface area contributed by atoms with Crippen LogP contribution in [-0.4, -0.2) is 63.2 Å². The maximum atomic E-state index is 13.0. The summed E-state index contributed by atoms with van der Waals surface area (Å²) in [5, 5.41) is 17.2. The maximum absolute atomic E-state index is 13.0. The Morgan fingerprint density at radius 2 is 1.96 bits per heavy atom. The molecule has 246 valence electrons. The number of hydrogen-bond donors (Lipinski definition) is 2. The van der Waals surface area contributed by atoms with Crippen LogP contribution in [-0.2, 0) is 32.3 Å². The van der Waals surface area contributed by atoms with Crippen molar-refractivity contribution in [2.24, 2.45) is 13.0 Å². The number of thioether (sulfide) groups is 1. The lowest BCUT2D eigenvalue weighted by molar-refractivity contribution is -0.404. The van der Waals surface area contributed by atoms with Gasteiger partial charge >= 0.3 is 0 Å². The van der Waals surface area contributed by atoms with Crippen LogP contribution in [0, 0.1) is 23.0 Å². The Kier molecular flexibility index (Phi) is 15.0. The van der Waals surface area contributed by atoms with Gasteiger partial charge in [0.15, 0.2) is 11.6 Å². The van der Waals surface area contributed by atoms with Crippen LogP contribution in [0.2, 0.25) is 0 Å². The predicted octanol–water partition coefficient (Wildman–Crippen LogP) is 5.43. The highest BCUT2D eigenvalue weighted by atomic mass is 35.5. The molecule has 0 spiro atoms. The number of furan rings is 1. The van der Waals surface area contributed by atoms with Gasteiger partial charge in [-0.15, -0.1) is 24.8 Å². The van der Waals surface area contributed by atoms with Gasteiger partial charge in [-0.05, 0) is 52.1 Å². The molecule has 1 unspecified atom stereocenters. The SMILES string of the molecule is CN/C(=C/[N+](=O)[O-])NCCSCc1ccc(CN(C)C)o1.Cc1nccn1CC1CCc2c(c3ccccc3n2C)C1=O.Cl.Cl. The van der Waals surface area contributed by atoms with Crippen molar-refractivity contribution >= 4 is 53.3 Å². The molecule has 3 aromatic heterocycles. The van der Waals surface area contributed by atoms with Crippen molar-refractivity contribution in [2.45, 2.75) is 38.6 Å². The lowest BCUT2D eigenvalue weighted by Gasteiger charge is -2.23. The summed E-state index contributed by atoms with van der Waals surface area (Å²) in [5.74, 6) is 5.25. The van der Waals surface area contributed by atoms with Gasteiger partial charge in [0.1, 0.15) is 17.3 Å². The molecule has 3 heterocycles. The van der Waals surface area contributed by atoms with Crippen molar-refractivity contribution in [3.05, 3.63) is 99.5 Å². The molecule has 11 nitrogen and oxygen atoms in total. The summed E-state index contributed by atoms with van der Waals surface area (Å²) in [6.07, 6.45) is 6.55. The highest BCUT2D eigenvalue weighted by molar-refractivity contribution is 7.98. The van der Waals surface area contributed by atoms with Crippen molar-refractivity contribution in [3.63, 3.8) is 0 Å². The quantitative estimate of drug-likeness (QED) is 0.115. The van der Waals surface area contributed by atoms with Gasteiger partial charge in [-0.25, -0.2) is 4.98 Å². The Morgan fingerprint density at radius 1 is 1.22 bits per heavy atom. The number of benzene rings is 1. The number of carbonyl (C=O) groups is 1. The summed E-state index contributed by atoms with van der Waals surface area (Å²) in [4.78, 5) is 29.2. The van der Waals surface area contributed by atoms with E-state index in [0.29, 0.717) is 12.4 Å². The lowest BCUT2D eigenvalue weighted by atomic mass is 9.85. The molecular weight excluding hydrogens is 637 g/mol. The zero-order chi connectivity index (χ0) is 30.9. The third-order valence-electron chi connectivity index (χ3n) is 7.42. The Bertz CT molecular complexity index is 1580. The Balaban J connectivity index is 0.000000301. The second-order valence-electron chi connectivity index (χ2n) is 10.8. The summed E-state index contributed by atoms with van der Waals surface area (Å²) in [5.41, 5.74) is 3.28. The second-order valence-corrected chi connectivity index (χ2v) is 11.9. The minimum Gasteiger partial charge on any atom is -0.464 e. The van der Waals surface area contributed by atoms with Gasteiger partial charge in [0.25, 0.3) is 6.20 Å². The number of carbonyl (C=O) groups excluding carboxylic acids is 1. The summed E-state index contributed by atoms with van der Waals surface area (Å²) in [7, 11) is 7.71. The molecule has 0 aliphatic heterocycles. The van der Waals surface area contributed by atoms with Crippen LogP contribution in [0.4, 0.5) is 0 Å². The van der Waals surface area contributed by atoms with Gasteiger partial charge in [-0.3, -0.25) is 14.9 Å². The number of para-hydroxylation sites is 1. The number of aromatic nitrogens is 3. The van der Waals surface area contributed by atoms with E-state index in [2.05, 4.69) is 48.8 Å². The van der Waals surface area contributed by atoms with Crippen molar-refractivity contribution in [1.82, 2.24) is 29.7 Å². The maximum Gasteiger partial charge on any atom is 0.274 e. The minimum atomic E-state index is -0.485. The first kappa shape index (κ1) is 37.7. The van der Waals surface area contributed by atoms with Crippen LogP contribution in [0.25, 0.3) is 10.9 Å². The minimum absolute atomic E-state index is 0. The third-order valence-corrected chi connectivity index (χ3v) is 8.40. The van der Waals surface area contributed by atoms with Gasteiger partial charge in [0, 0.05) is 73.4 Å². The predicted molar refractivity (Wildman–Crippen MR) is 185 cm³/mol. The smallest absolute Gasteiger partial charge is 0.274 e. The van der Waals surface area contributed by atoms with Crippen LogP contribution in [0.5, 0.6) is 0 Å². The average Bonchev–Trinajstić information content (AvgIpc) is 3.67. The van der Waals surface area contributed by atoms with Crippen LogP contribution >= 0.6 is 36.6 Å². The molecule has 0 bridgehead atoms. The molecule has 5 rings (SSSR count). The van der Waals surface area contributed by atoms with E-state index in [1.807, 2.05) is 51.5 Å². The number of rotatable bonds is 12. The van der Waals surface area contributed by atoms with E-state index < -0.39 is 4.92 Å². The standard InChI is InChI=1S/C18H19N3O.C13H22N4O3S.2ClH/c1-12-19-9-10-21(12)11-13-7-8-16-17(18(13)22)14-5-3-4-6-15(14)20(16)2;1-14-13(9-17(18)19)15-6-7-21-10-12-5-4-11(20-12)8-16(2)3;;/h3-6,9-10,13H,7-8,11H2,1-2H3;4-5,9,14-15H,6-8,10H2,1-3H3;2*1H/b;13-9-;;. The van der Waals surface area contributed by atoms with Crippen molar-refractivity contribution < 1.29 is 14.1 Å². The number of aryl methyl sites for hydroxylation is 2. The molecule has 1 aromatic carbocycles. The lowest BCUT2D eigenvalue weighted by Crippen LogP contribution is -2.27. The van der Waals surface area contributed by atoms with E-state index in [4.69, 9.17) is 4.42 Å². The molecule has 0 saturated carbocycles. The molecule has 0 fully saturated rings. The van der Waals surface area contributed by atoms with E-state index in [9.17, 15) is 14.9 Å². The number of fused-ring (bicyclic) bond motifs is 3. The monoisotopic (exact) mass is 679 g/mol. The van der Waals surface area contributed by atoms with Crippen LogP contribution in [0.15, 0.2) is 65.2 Å². The Morgan fingerprint density at radius 3 is 2.62 bits per heavy atom. The number of imidazole rings is 1. The number of nitro groups is 1. The highest BCUT2D eigenvalue weighted by Crippen LogP contribution is 2.34. The van der Waals surface area contributed by atoms with Gasteiger partial charge < -0.3 is 29.1 Å². The summed E-state index contributed by atoms with van der Waals surface area (Å²) < 4.78 is 9.96. The van der Waals surface area contributed by atoms with Gasteiger partial charge in [-0.1, -0.05) is 18.2 Å². The van der Waals surface area contributed by atoms with Crippen molar-refractivity contribution in [1.29, 1.82) is 0 Å². The molecule has 0 amide bonds. The zero-order valence-corrected chi connectivity index (χ0v) is 28.8. The first-order chi connectivity index (χ1) is 20.7. The van der Waals surface area contributed by atoms with E-state index in [1.165, 1.54) is 5.69 Å². The summed E-state index contributed by atoms with van der Waals surface area (Å²) >= 11 is 1.72. The van der Waals surface area contributed by atoms with Crippen LogP contribution in [0.3, 0.4) is 0 Å². The number of nitrogens with zero attached hydrogens (tertiary/aromatic N) is 5. The normalized spacial score (nSPS) is 14.2. The second kappa shape index (κ2) is 17.9. The molecule has 2 N–H and O–H groups in total. The fraction of sp³-hybridized carbons (Fsp3) is 0.419. The Labute approximate surface area is 280 Å². The molecule has 0 saturated heterocycles. The number of ketones is 1. The average molecular weight is 681 g/mol. The zero-order valence-electron chi connectivity index (χ0n) is 26.3. The molecule has 0 radical (unpaired) electrons. The number of halogens is 2. The largest absolute Gasteiger partial charge is 0.464 e. The van der Waals surface area contributed by atoms with Crippen LogP contribution < -0.4 is 10.6 Å². The van der Waals surface area contributed by atoms with E-state index in [0.717, 1.165) is 77.4 Å². The first-order valence-electron chi connectivity index (χ1n) is 14.3. The molecule has 1 aliphatic rings. The molecular formula is C31H43Cl2N7O4S. The van der Waals surface area contributed by atoms with Crippen LogP contribution in [0.1, 0.15) is 39.8 Å². The van der Waals surface area contributed by atoms with Gasteiger partial charge in [-0.2, -0.15) is 11.8 Å². The number of hydrogen-bond acceptors (Lipinski definition) is 9. The molecule has 1 atom stereocenters. The Hall–Kier alpha value is -3.45. The number of Topliss-reactive ketones (excluding diaryl/α,β-unsaturated/α-hetero) is 1. The summed E-state index contributed by atoms with van der Waals surface area (Å²) in [6, 6.07) is 12.2. The van der Waals surface area contributed by atoms with Gasteiger partial charge in [0.05, 0.1) is 17.2 Å². The van der Waals surface area contributed by atoms with E-state index in [1.54, 1.807) is 25.0 Å². The van der Waals surface area contributed by atoms with E-state index in [-0.39, 0.29) is 36.5 Å². The van der Waals surface area contributed by atoms with Gasteiger partial charge in [0.2, 0.25) is 0 Å². The third kappa shape index (κ3) is 10.0. The fourth-order valence-corrected chi connectivity index (χ4v) is 6.05. The molecule has 45 heavy (non-hydrogen) atoms.